The van der Waals surface area contributed by atoms with Crippen molar-refractivity contribution in [1.29, 1.82) is 0 Å². The molecule has 174 valence electrons. The summed E-state index contributed by atoms with van der Waals surface area (Å²) in [6.07, 6.45) is 18.9. The van der Waals surface area contributed by atoms with E-state index in [4.69, 9.17) is 4.18 Å². The molecule has 30 heavy (non-hydrogen) atoms. The van der Waals surface area contributed by atoms with E-state index in [0.717, 1.165) is 30.4 Å². The molecule has 0 aliphatic carbocycles. The van der Waals surface area contributed by atoms with E-state index in [-0.39, 0.29) is 6.61 Å². The minimum atomic E-state index is -3.66. The van der Waals surface area contributed by atoms with Crippen molar-refractivity contribution in [3.05, 3.63) is 28.8 Å². The van der Waals surface area contributed by atoms with Crippen LogP contribution in [0.3, 0.4) is 0 Å². The van der Waals surface area contributed by atoms with Gasteiger partial charge in [-0.3, -0.25) is 4.18 Å². The molecule has 3 nitrogen and oxygen atoms in total. The first-order valence-corrected chi connectivity index (χ1v) is 13.8. The highest BCUT2D eigenvalue weighted by Gasteiger charge is 2.19. The lowest BCUT2D eigenvalue weighted by atomic mass is 10.0. The lowest BCUT2D eigenvalue weighted by Gasteiger charge is -2.13. The molecule has 0 saturated heterocycles. The SMILES string of the molecule is CCCCCCCCCCCCCCCCOS(=O)(=O)c1ccc(CC)c(C)c1C. The third kappa shape index (κ3) is 10.4. The first-order chi connectivity index (χ1) is 14.4. The summed E-state index contributed by atoms with van der Waals surface area (Å²) >= 11 is 0. The molecular formula is C26H46O3S. The number of hydrogen-bond donors (Lipinski definition) is 0. The normalized spacial score (nSPS) is 11.9. The van der Waals surface area contributed by atoms with Gasteiger partial charge in [0.1, 0.15) is 0 Å². The molecule has 1 rings (SSSR count). The van der Waals surface area contributed by atoms with E-state index in [9.17, 15) is 8.42 Å². The van der Waals surface area contributed by atoms with Gasteiger partial charge in [-0.05, 0) is 49.4 Å². The lowest BCUT2D eigenvalue weighted by molar-refractivity contribution is 0.306. The molecule has 0 saturated carbocycles. The molecule has 0 spiro atoms. The van der Waals surface area contributed by atoms with Crippen molar-refractivity contribution < 1.29 is 12.6 Å². The highest BCUT2D eigenvalue weighted by molar-refractivity contribution is 7.86. The largest absolute Gasteiger partial charge is 0.297 e. The highest BCUT2D eigenvalue weighted by atomic mass is 32.2. The van der Waals surface area contributed by atoms with Gasteiger partial charge in [-0.1, -0.05) is 103 Å². The third-order valence-electron chi connectivity index (χ3n) is 6.24. The van der Waals surface area contributed by atoms with Crippen LogP contribution in [0.2, 0.25) is 0 Å². The first-order valence-electron chi connectivity index (χ1n) is 12.4. The van der Waals surface area contributed by atoms with E-state index in [1.807, 2.05) is 19.9 Å². The van der Waals surface area contributed by atoms with E-state index >= 15 is 0 Å². The second kappa shape index (κ2) is 15.9. The van der Waals surface area contributed by atoms with Gasteiger partial charge in [-0.15, -0.1) is 0 Å². The summed E-state index contributed by atoms with van der Waals surface area (Å²) in [7, 11) is -3.66. The van der Waals surface area contributed by atoms with Crippen molar-refractivity contribution in [2.45, 2.75) is 129 Å². The van der Waals surface area contributed by atoms with Crippen LogP contribution in [0.4, 0.5) is 0 Å². The zero-order valence-corrected chi connectivity index (χ0v) is 20.9. The van der Waals surface area contributed by atoms with Crippen molar-refractivity contribution in [3.63, 3.8) is 0 Å². The minimum Gasteiger partial charge on any atom is -0.266 e. The van der Waals surface area contributed by atoms with Gasteiger partial charge in [0.25, 0.3) is 10.1 Å². The van der Waals surface area contributed by atoms with Gasteiger partial charge >= 0.3 is 0 Å². The number of aryl methyl sites for hydroxylation is 1. The fraction of sp³-hybridized carbons (Fsp3) is 0.769. The molecule has 0 aliphatic rings. The standard InChI is InChI=1S/C26H46O3S/c1-5-7-8-9-10-11-12-13-14-15-16-17-18-19-22-29-30(27,28)26-21-20-25(6-2)23(3)24(26)4/h20-21H,5-19,22H2,1-4H3. The summed E-state index contributed by atoms with van der Waals surface area (Å²) in [6, 6.07) is 3.60. The lowest BCUT2D eigenvalue weighted by Crippen LogP contribution is -2.10. The summed E-state index contributed by atoms with van der Waals surface area (Å²) in [6.45, 7) is 8.50. The molecule has 1 aromatic rings. The molecule has 0 radical (unpaired) electrons. The van der Waals surface area contributed by atoms with Gasteiger partial charge < -0.3 is 0 Å². The fourth-order valence-corrected chi connectivity index (χ4v) is 5.26. The maximum atomic E-state index is 12.5. The van der Waals surface area contributed by atoms with Crippen LogP contribution >= 0.6 is 0 Å². The molecule has 0 bridgehead atoms. The summed E-state index contributed by atoms with van der Waals surface area (Å²) < 4.78 is 30.3. The monoisotopic (exact) mass is 438 g/mol. The Morgan fingerprint density at radius 1 is 0.667 bits per heavy atom. The summed E-state index contributed by atoms with van der Waals surface area (Å²) in [4.78, 5) is 0.322. The Balaban J connectivity index is 2.08. The van der Waals surface area contributed by atoms with Crippen molar-refractivity contribution in [3.8, 4) is 0 Å². The Morgan fingerprint density at radius 3 is 1.60 bits per heavy atom. The zero-order chi connectivity index (χ0) is 22.2. The number of rotatable bonds is 18. The van der Waals surface area contributed by atoms with Crippen LogP contribution in [0.25, 0.3) is 0 Å². The molecular weight excluding hydrogens is 392 g/mol. The van der Waals surface area contributed by atoms with Gasteiger partial charge in [-0.25, -0.2) is 0 Å². The maximum absolute atomic E-state index is 12.5. The Morgan fingerprint density at radius 2 is 1.13 bits per heavy atom. The Bertz CT molecular complexity index is 680. The number of hydrogen-bond acceptors (Lipinski definition) is 3. The molecule has 0 heterocycles. The van der Waals surface area contributed by atoms with Crippen LogP contribution in [0, 0.1) is 13.8 Å². The third-order valence-corrected chi connectivity index (χ3v) is 7.69. The molecule has 0 amide bonds. The van der Waals surface area contributed by atoms with Crippen LogP contribution < -0.4 is 0 Å². The predicted octanol–water partition coefficient (Wildman–Crippen LogP) is 8.05. The van der Waals surface area contributed by atoms with E-state index in [1.54, 1.807) is 6.07 Å². The van der Waals surface area contributed by atoms with Gasteiger partial charge in [0.2, 0.25) is 0 Å². The van der Waals surface area contributed by atoms with Gasteiger partial charge in [0.15, 0.2) is 0 Å². The predicted molar refractivity (Wildman–Crippen MR) is 129 cm³/mol. The molecule has 4 heteroatoms. The number of unbranched alkanes of at least 4 members (excludes halogenated alkanes) is 13. The fourth-order valence-electron chi connectivity index (χ4n) is 4.03. The summed E-state index contributed by atoms with van der Waals surface area (Å²) in [5.74, 6) is 0. The van der Waals surface area contributed by atoms with Crippen molar-refractivity contribution in [2.24, 2.45) is 0 Å². The first kappa shape index (κ1) is 27.2. The zero-order valence-electron chi connectivity index (χ0n) is 20.1. The maximum Gasteiger partial charge on any atom is 0.297 e. The van der Waals surface area contributed by atoms with Gasteiger partial charge in [0.05, 0.1) is 11.5 Å². The molecule has 0 unspecified atom stereocenters. The smallest absolute Gasteiger partial charge is 0.266 e. The summed E-state index contributed by atoms with van der Waals surface area (Å²) in [5, 5.41) is 0. The van der Waals surface area contributed by atoms with Crippen LogP contribution in [-0.4, -0.2) is 15.0 Å². The number of benzene rings is 1. The van der Waals surface area contributed by atoms with E-state index in [2.05, 4.69) is 13.8 Å². The van der Waals surface area contributed by atoms with E-state index in [0.29, 0.717) is 4.90 Å². The van der Waals surface area contributed by atoms with Crippen LogP contribution in [0.15, 0.2) is 17.0 Å². The molecule has 1 aromatic carbocycles. The highest BCUT2D eigenvalue weighted by Crippen LogP contribution is 2.24. The molecule has 0 fully saturated rings. The van der Waals surface area contributed by atoms with Crippen molar-refractivity contribution >= 4 is 10.1 Å². The van der Waals surface area contributed by atoms with Crippen molar-refractivity contribution in [1.82, 2.24) is 0 Å². The topological polar surface area (TPSA) is 43.4 Å². The Labute approximate surface area is 187 Å². The van der Waals surface area contributed by atoms with Gasteiger partial charge in [-0.2, -0.15) is 8.42 Å². The van der Waals surface area contributed by atoms with E-state index < -0.39 is 10.1 Å². The quantitative estimate of drug-likeness (QED) is 0.172. The molecule has 0 N–H and O–H groups in total. The van der Waals surface area contributed by atoms with Crippen LogP contribution in [0.1, 0.15) is 120 Å². The average Bonchev–Trinajstić information content (AvgIpc) is 2.72. The summed E-state index contributed by atoms with van der Waals surface area (Å²) in [5.41, 5.74) is 3.06. The Kier molecular flexibility index (Phi) is 14.4. The Hall–Kier alpha value is -0.870. The molecule has 0 aromatic heterocycles. The molecule has 0 aliphatic heterocycles. The second-order valence-electron chi connectivity index (χ2n) is 8.70. The van der Waals surface area contributed by atoms with Gasteiger partial charge in [0, 0.05) is 0 Å². The molecule has 0 atom stereocenters. The van der Waals surface area contributed by atoms with Crippen LogP contribution in [0.5, 0.6) is 0 Å². The van der Waals surface area contributed by atoms with E-state index in [1.165, 1.54) is 82.6 Å². The van der Waals surface area contributed by atoms with Crippen LogP contribution in [-0.2, 0) is 20.7 Å². The average molecular weight is 439 g/mol. The van der Waals surface area contributed by atoms with Crippen molar-refractivity contribution in [2.75, 3.05) is 6.61 Å². The minimum absolute atomic E-state index is 0.286. The second-order valence-corrected chi connectivity index (χ2v) is 10.3.